The van der Waals surface area contributed by atoms with Crippen molar-refractivity contribution < 1.29 is 4.79 Å². The molecule has 1 aliphatic heterocycles. The third-order valence-electron chi connectivity index (χ3n) is 3.21. The Labute approximate surface area is 138 Å². The first kappa shape index (κ1) is 14.8. The molecular formula is C17H12Cl2N2O. The molecule has 0 spiro atoms. The number of benzene rings is 2. The molecule has 5 heteroatoms. The maximum Gasteiger partial charge on any atom is 0.275 e. The highest BCUT2D eigenvalue weighted by Gasteiger charge is 2.19. The second-order valence-electron chi connectivity index (χ2n) is 4.88. The zero-order valence-electron chi connectivity index (χ0n) is 11.5. The second kappa shape index (κ2) is 6.34. The second-order valence-corrected chi connectivity index (χ2v) is 5.69. The van der Waals surface area contributed by atoms with Gasteiger partial charge in [-0.1, -0.05) is 59.6 Å². The maximum absolute atomic E-state index is 12.0. The summed E-state index contributed by atoms with van der Waals surface area (Å²) < 4.78 is 0. The summed E-state index contributed by atoms with van der Waals surface area (Å²) in [5.74, 6) is 0.430. The summed E-state index contributed by atoms with van der Waals surface area (Å²) in [6.07, 6.45) is 2.28. The zero-order chi connectivity index (χ0) is 15.5. The van der Waals surface area contributed by atoms with Crippen LogP contribution in [0.15, 0.2) is 59.2 Å². The third-order valence-corrected chi connectivity index (χ3v) is 3.95. The Balaban J connectivity index is 1.83. The molecular weight excluding hydrogens is 319 g/mol. The minimum absolute atomic E-state index is 0.211. The number of nitrogens with zero attached hydrogens (tertiary/aromatic N) is 1. The van der Waals surface area contributed by atoms with Crippen molar-refractivity contribution in [3.8, 4) is 0 Å². The Morgan fingerprint density at radius 2 is 1.82 bits per heavy atom. The molecule has 0 unspecified atom stereocenters. The van der Waals surface area contributed by atoms with Crippen molar-refractivity contribution in [2.24, 2.45) is 4.99 Å². The minimum Gasteiger partial charge on any atom is -0.308 e. The number of halogens is 2. The summed E-state index contributed by atoms with van der Waals surface area (Å²) in [6.45, 7) is 0. The first-order valence-corrected chi connectivity index (χ1v) is 7.47. The number of aliphatic imine (C=N–C) groups is 1. The molecule has 0 radical (unpaired) electrons. The summed E-state index contributed by atoms with van der Waals surface area (Å²) in [5.41, 5.74) is 2.24. The van der Waals surface area contributed by atoms with Crippen molar-refractivity contribution >= 4 is 41.0 Å². The average molecular weight is 331 g/mol. The maximum atomic E-state index is 12.0. The molecule has 3 rings (SSSR count). The van der Waals surface area contributed by atoms with Crippen molar-refractivity contribution in [2.45, 2.75) is 6.42 Å². The predicted molar refractivity (Wildman–Crippen MR) is 90.2 cm³/mol. The van der Waals surface area contributed by atoms with E-state index in [2.05, 4.69) is 10.3 Å². The van der Waals surface area contributed by atoms with E-state index in [1.54, 1.807) is 24.3 Å². The van der Waals surface area contributed by atoms with Crippen LogP contribution in [-0.2, 0) is 11.2 Å². The Kier molecular flexibility index (Phi) is 4.27. The van der Waals surface area contributed by atoms with Gasteiger partial charge in [0.1, 0.15) is 11.5 Å². The molecule has 0 saturated carbocycles. The number of carbonyl (C=O) groups excluding carboxylic acids is 1. The largest absolute Gasteiger partial charge is 0.308 e. The van der Waals surface area contributed by atoms with Gasteiger partial charge in [-0.05, 0) is 29.3 Å². The van der Waals surface area contributed by atoms with E-state index in [0.717, 1.165) is 11.1 Å². The van der Waals surface area contributed by atoms with E-state index in [1.807, 2.05) is 30.3 Å². The first-order valence-electron chi connectivity index (χ1n) is 6.71. The Morgan fingerprint density at radius 3 is 2.55 bits per heavy atom. The molecule has 0 aromatic heterocycles. The first-order chi connectivity index (χ1) is 10.6. The highest BCUT2D eigenvalue weighted by atomic mass is 35.5. The van der Waals surface area contributed by atoms with E-state index in [0.29, 0.717) is 28.0 Å². The fourth-order valence-electron chi connectivity index (χ4n) is 2.15. The van der Waals surface area contributed by atoms with Crippen LogP contribution in [0.3, 0.4) is 0 Å². The lowest BCUT2D eigenvalue weighted by Gasteiger charge is -1.99. The molecule has 0 bridgehead atoms. The monoisotopic (exact) mass is 330 g/mol. The molecule has 0 fully saturated rings. The van der Waals surface area contributed by atoms with Crippen molar-refractivity contribution in [1.29, 1.82) is 0 Å². The van der Waals surface area contributed by atoms with Gasteiger partial charge >= 0.3 is 0 Å². The van der Waals surface area contributed by atoms with Gasteiger partial charge in [0.2, 0.25) is 0 Å². The van der Waals surface area contributed by atoms with Gasteiger partial charge in [-0.3, -0.25) is 4.79 Å². The van der Waals surface area contributed by atoms with E-state index in [4.69, 9.17) is 23.2 Å². The van der Waals surface area contributed by atoms with Crippen LogP contribution in [0.4, 0.5) is 0 Å². The van der Waals surface area contributed by atoms with Crippen molar-refractivity contribution in [1.82, 2.24) is 5.32 Å². The molecule has 1 aliphatic rings. The van der Waals surface area contributed by atoms with Crippen molar-refractivity contribution in [3.05, 3.63) is 75.4 Å². The van der Waals surface area contributed by atoms with Gasteiger partial charge in [-0.25, -0.2) is 4.99 Å². The number of amides is 1. The molecule has 110 valence electrons. The fraction of sp³-hybridized carbons (Fsp3) is 0.0588. The molecule has 1 amide bonds. The quantitative estimate of drug-likeness (QED) is 0.845. The van der Waals surface area contributed by atoms with E-state index >= 15 is 0 Å². The lowest BCUT2D eigenvalue weighted by atomic mass is 10.1. The molecule has 0 atom stereocenters. The van der Waals surface area contributed by atoms with Gasteiger partial charge in [0, 0.05) is 6.42 Å². The van der Waals surface area contributed by atoms with Crippen LogP contribution in [0, 0.1) is 0 Å². The lowest BCUT2D eigenvalue weighted by Crippen LogP contribution is -2.25. The average Bonchev–Trinajstić information content (AvgIpc) is 2.84. The smallest absolute Gasteiger partial charge is 0.275 e. The predicted octanol–water partition coefficient (Wildman–Crippen LogP) is 4.11. The number of hydrogen-bond donors (Lipinski definition) is 1. The zero-order valence-corrected chi connectivity index (χ0v) is 13.0. The minimum atomic E-state index is -0.211. The summed E-state index contributed by atoms with van der Waals surface area (Å²) in [6, 6.07) is 15.0. The lowest BCUT2D eigenvalue weighted by molar-refractivity contribution is -0.115. The van der Waals surface area contributed by atoms with Crippen LogP contribution in [0.2, 0.25) is 10.0 Å². The molecule has 1 N–H and O–H groups in total. The highest BCUT2D eigenvalue weighted by Crippen LogP contribution is 2.24. The van der Waals surface area contributed by atoms with Crippen LogP contribution < -0.4 is 5.32 Å². The Morgan fingerprint density at radius 1 is 1.05 bits per heavy atom. The third kappa shape index (κ3) is 3.38. The van der Waals surface area contributed by atoms with Crippen LogP contribution in [0.25, 0.3) is 6.08 Å². The normalized spacial score (nSPS) is 15.8. The van der Waals surface area contributed by atoms with Gasteiger partial charge in [-0.15, -0.1) is 0 Å². The highest BCUT2D eigenvalue weighted by molar-refractivity contribution is 6.42. The van der Waals surface area contributed by atoms with E-state index in [-0.39, 0.29) is 5.91 Å². The Bertz CT molecular complexity index is 783. The summed E-state index contributed by atoms with van der Waals surface area (Å²) in [4.78, 5) is 16.3. The summed E-state index contributed by atoms with van der Waals surface area (Å²) in [7, 11) is 0. The summed E-state index contributed by atoms with van der Waals surface area (Å²) in [5, 5.41) is 3.71. The van der Waals surface area contributed by atoms with Crippen LogP contribution in [-0.4, -0.2) is 11.7 Å². The number of carbonyl (C=O) groups is 1. The number of rotatable bonds is 3. The number of hydrogen-bond acceptors (Lipinski definition) is 2. The molecule has 2 aromatic carbocycles. The van der Waals surface area contributed by atoms with Crippen molar-refractivity contribution in [2.75, 3.05) is 0 Å². The van der Waals surface area contributed by atoms with E-state index in [1.165, 1.54) is 0 Å². The van der Waals surface area contributed by atoms with Gasteiger partial charge in [0.05, 0.1) is 10.0 Å². The Hall–Kier alpha value is -2.10. The van der Waals surface area contributed by atoms with Gasteiger partial charge in [-0.2, -0.15) is 0 Å². The van der Waals surface area contributed by atoms with Gasteiger partial charge in [0.25, 0.3) is 5.91 Å². The topological polar surface area (TPSA) is 41.5 Å². The van der Waals surface area contributed by atoms with E-state index in [9.17, 15) is 4.79 Å². The number of nitrogens with one attached hydrogen (secondary N) is 1. The van der Waals surface area contributed by atoms with Gasteiger partial charge in [0.15, 0.2) is 0 Å². The van der Waals surface area contributed by atoms with Crippen LogP contribution in [0.5, 0.6) is 0 Å². The molecule has 0 saturated heterocycles. The fourth-order valence-corrected chi connectivity index (χ4v) is 2.46. The molecule has 1 heterocycles. The molecule has 0 aliphatic carbocycles. The number of amidine groups is 1. The van der Waals surface area contributed by atoms with Crippen LogP contribution >= 0.6 is 23.2 Å². The van der Waals surface area contributed by atoms with Crippen LogP contribution in [0.1, 0.15) is 11.1 Å². The molecule has 3 nitrogen and oxygen atoms in total. The molecule has 2 aromatic rings. The molecule has 22 heavy (non-hydrogen) atoms. The van der Waals surface area contributed by atoms with E-state index < -0.39 is 0 Å². The standard InChI is InChI=1S/C17H12Cl2N2O/c18-13-7-6-12(8-14(13)19)9-15-17(22)21-16(20-15)10-11-4-2-1-3-5-11/h1-9H,10H2,(H,20,21,22)/b15-9+. The van der Waals surface area contributed by atoms with Gasteiger partial charge < -0.3 is 5.32 Å². The van der Waals surface area contributed by atoms with Crippen molar-refractivity contribution in [3.63, 3.8) is 0 Å². The SMILES string of the molecule is O=C1NC(Cc2ccccc2)=N/C1=C/c1ccc(Cl)c(Cl)c1. The summed E-state index contributed by atoms with van der Waals surface area (Å²) >= 11 is 11.9.